The summed E-state index contributed by atoms with van der Waals surface area (Å²) in [7, 11) is -3.98. The number of hydrogen-bond acceptors (Lipinski definition) is 3. The Morgan fingerprint density at radius 1 is 1.43 bits per heavy atom. The van der Waals surface area contributed by atoms with Crippen LogP contribution in [0.25, 0.3) is 0 Å². The molecule has 1 saturated carbocycles. The van der Waals surface area contributed by atoms with E-state index in [2.05, 4.69) is 11.6 Å². The quantitative estimate of drug-likeness (QED) is 0.805. The lowest BCUT2D eigenvalue weighted by molar-refractivity contribution is 0.274. The number of halogens is 2. The normalized spacial score (nSPS) is 17.0. The molecule has 0 spiro atoms. The number of aliphatic hydroxyl groups is 1. The van der Waals surface area contributed by atoms with Crippen molar-refractivity contribution in [3.05, 3.63) is 28.5 Å². The molecule has 0 heterocycles. The minimum atomic E-state index is -3.98. The Bertz CT molecular complexity index is 629. The highest BCUT2D eigenvalue weighted by molar-refractivity contribution is 7.89. The van der Waals surface area contributed by atoms with Gasteiger partial charge < -0.3 is 5.11 Å². The third kappa shape index (κ3) is 3.74. The average molecular weight is 336 g/mol. The minimum Gasteiger partial charge on any atom is -0.392 e. The van der Waals surface area contributed by atoms with Gasteiger partial charge in [-0.2, -0.15) is 0 Å². The number of aliphatic hydroxyl groups excluding tert-OH is 1. The molecule has 0 bridgehead atoms. The highest BCUT2D eigenvalue weighted by atomic mass is 35.5. The summed E-state index contributed by atoms with van der Waals surface area (Å²) >= 11 is 5.79. The maximum absolute atomic E-state index is 14.1. The van der Waals surface area contributed by atoms with Crippen molar-refractivity contribution in [1.29, 1.82) is 0 Å². The fourth-order valence-corrected chi connectivity index (χ4v) is 4.08. The molecule has 21 heavy (non-hydrogen) atoms. The van der Waals surface area contributed by atoms with Crippen LogP contribution in [0.15, 0.2) is 17.0 Å². The van der Waals surface area contributed by atoms with Crippen LogP contribution in [0.3, 0.4) is 0 Å². The molecule has 0 unspecified atom stereocenters. The molecule has 0 amide bonds. The van der Waals surface area contributed by atoms with E-state index >= 15 is 0 Å². The summed E-state index contributed by atoms with van der Waals surface area (Å²) < 4.78 is 41.1. The average Bonchev–Trinajstić information content (AvgIpc) is 3.19. The van der Waals surface area contributed by atoms with Crippen LogP contribution in [-0.2, 0) is 16.6 Å². The van der Waals surface area contributed by atoms with Gasteiger partial charge in [-0.3, -0.25) is 0 Å². The van der Waals surface area contributed by atoms with Crippen molar-refractivity contribution >= 4 is 21.6 Å². The SMILES string of the molecule is CCCC1(CNS(=O)(=O)c2cc(Cl)cc(CO)c2F)CC1. The molecule has 4 nitrogen and oxygen atoms in total. The zero-order valence-electron chi connectivity index (χ0n) is 11.8. The Kier molecular flexibility index (Phi) is 4.92. The maximum Gasteiger partial charge on any atom is 0.243 e. The van der Waals surface area contributed by atoms with E-state index in [4.69, 9.17) is 16.7 Å². The molecule has 0 radical (unpaired) electrons. The van der Waals surface area contributed by atoms with Crippen molar-refractivity contribution in [3.8, 4) is 0 Å². The van der Waals surface area contributed by atoms with Crippen molar-refractivity contribution in [2.24, 2.45) is 5.41 Å². The topological polar surface area (TPSA) is 66.4 Å². The van der Waals surface area contributed by atoms with Gasteiger partial charge >= 0.3 is 0 Å². The number of nitrogens with one attached hydrogen (secondary N) is 1. The van der Waals surface area contributed by atoms with Crippen molar-refractivity contribution in [2.75, 3.05) is 6.54 Å². The molecular weight excluding hydrogens is 317 g/mol. The Labute approximate surface area is 129 Å². The van der Waals surface area contributed by atoms with Gasteiger partial charge in [-0.25, -0.2) is 17.5 Å². The third-order valence-electron chi connectivity index (χ3n) is 3.91. The molecule has 118 valence electrons. The first kappa shape index (κ1) is 16.7. The van der Waals surface area contributed by atoms with E-state index in [1.807, 2.05) is 0 Å². The van der Waals surface area contributed by atoms with Gasteiger partial charge in [0.2, 0.25) is 10.0 Å². The van der Waals surface area contributed by atoms with E-state index < -0.39 is 27.3 Å². The molecule has 0 aliphatic heterocycles. The third-order valence-corrected chi connectivity index (χ3v) is 5.53. The highest BCUT2D eigenvalue weighted by Crippen LogP contribution is 2.49. The Morgan fingerprint density at radius 3 is 2.62 bits per heavy atom. The second-order valence-electron chi connectivity index (χ2n) is 5.61. The largest absolute Gasteiger partial charge is 0.392 e. The van der Waals surface area contributed by atoms with Crippen LogP contribution in [0.4, 0.5) is 4.39 Å². The van der Waals surface area contributed by atoms with Gasteiger partial charge in [-0.05, 0) is 36.8 Å². The van der Waals surface area contributed by atoms with Gasteiger partial charge in [0, 0.05) is 17.1 Å². The fourth-order valence-electron chi connectivity index (χ4n) is 2.48. The summed E-state index contributed by atoms with van der Waals surface area (Å²) in [6, 6.07) is 2.28. The van der Waals surface area contributed by atoms with E-state index in [0.29, 0.717) is 6.54 Å². The highest BCUT2D eigenvalue weighted by Gasteiger charge is 2.42. The van der Waals surface area contributed by atoms with Crippen LogP contribution in [0, 0.1) is 11.2 Å². The molecule has 1 aromatic rings. The van der Waals surface area contributed by atoms with Crippen LogP contribution >= 0.6 is 11.6 Å². The number of sulfonamides is 1. The lowest BCUT2D eigenvalue weighted by Gasteiger charge is -2.16. The summed E-state index contributed by atoms with van der Waals surface area (Å²) in [5.74, 6) is -0.949. The van der Waals surface area contributed by atoms with E-state index in [9.17, 15) is 12.8 Å². The molecular formula is C14H19ClFNO3S. The van der Waals surface area contributed by atoms with E-state index in [1.54, 1.807) is 0 Å². The van der Waals surface area contributed by atoms with Crippen LogP contribution < -0.4 is 4.72 Å². The summed E-state index contributed by atoms with van der Waals surface area (Å²) in [5, 5.41) is 9.14. The maximum atomic E-state index is 14.1. The standard InChI is InChI=1S/C14H19ClFNO3S/c1-2-3-14(4-5-14)9-17-21(19,20)12-7-11(15)6-10(8-18)13(12)16/h6-7,17-18H,2-5,8-9H2,1H3. The van der Waals surface area contributed by atoms with Gasteiger partial charge in [-0.15, -0.1) is 0 Å². The molecule has 0 saturated heterocycles. The van der Waals surface area contributed by atoms with Crippen molar-refractivity contribution in [1.82, 2.24) is 4.72 Å². The van der Waals surface area contributed by atoms with E-state index in [0.717, 1.165) is 31.7 Å². The monoisotopic (exact) mass is 335 g/mol. The van der Waals surface area contributed by atoms with Crippen LogP contribution in [0.5, 0.6) is 0 Å². The Hall–Kier alpha value is -0.690. The molecule has 0 atom stereocenters. The molecule has 2 N–H and O–H groups in total. The van der Waals surface area contributed by atoms with Gasteiger partial charge in [0.25, 0.3) is 0 Å². The van der Waals surface area contributed by atoms with Crippen molar-refractivity contribution in [2.45, 2.75) is 44.1 Å². The first-order valence-electron chi connectivity index (χ1n) is 6.92. The lowest BCUT2D eigenvalue weighted by atomic mass is 10.0. The van der Waals surface area contributed by atoms with Crippen LogP contribution in [0.1, 0.15) is 38.2 Å². The molecule has 2 rings (SSSR count). The molecule has 0 aromatic heterocycles. The predicted octanol–water partition coefficient (Wildman–Crippen LogP) is 2.83. The zero-order chi connectivity index (χ0) is 15.7. The number of rotatable bonds is 7. The van der Waals surface area contributed by atoms with E-state index in [1.165, 1.54) is 6.07 Å². The van der Waals surface area contributed by atoms with Gasteiger partial charge in [0.15, 0.2) is 0 Å². The van der Waals surface area contributed by atoms with Crippen LogP contribution in [-0.4, -0.2) is 20.1 Å². The summed E-state index contributed by atoms with van der Waals surface area (Å²) in [5.41, 5.74) is -0.103. The first-order valence-corrected chi connectivity index (χ1v) is 8.78. The summed E-state index contributed by atoms with van der Waals surface area (Å²) in [4.78, 5) is -0.508. The van der Waals surface area contributed by atoms with Gasteiger partial charge in [0.1, 0.15) is 10.7 Å². The molecule has 1 aliphatic carbocycles. The van der Waals surface area contributed by atoms with Crippen molar-refractivity contribution in [3.63, 3.8) is 0 Å². The van der Waals surface area contributed by atoms with Crippen molar-refractivity contribution < 1.29 is 17.9 Å². The number of benzene rings is 1. The smallest absolute Gasteiger partial charge is 0.243 e. The number of hydrogen-bond donors (Lipinski definition) is 2. The predicted molar refractivity (Wildman–Crippen MR) is 79.1 cm³/mol. The molecule has 1 aromatic carbocycles. The molecule has 1 aliphatic rings. The molecule has 7 heteroatoms. The Morgan fingerprint density at radius 2 is 2.10 bits per heavy atom. The first-order chi connectivity index (χ1) is 9.83. The lowest BCUT2D eigenvalue weighted by Crippen LogP contribution is -2.31. The summed E-state index contributed by atoms with van der Waals surface area (Å²) in [6.45, 7) is 1.76. The van der Waals surface area contributed by atoms with E-state index in [-0.39, 0.29) is 16.0 Å². The summed E-state index contributed by atoms with van der Waals surface area (Å²) in [6.07, 6.45) is 3.92. The minimum absolute atomic E-state index is 0.0245. The van der Waals surface area contributed by atoms with Gasteiger partial charge in [-0.1, -0.05) is 24.9 Å². The fraction of sp³-hybridized carbons (Fsp3) is 0.571. The second kappa shape index (κ2) is 6.20. The van der Waals surface area contributed by atoms with Gasteiger partial charge in [0.05, 0.1) is 6.61 Å². The zero-order valence-corrected chi connectivity index (χ0v) is 13.4. The Balaban J connectivity index is 2.22. The molecule has 1 fully saturated rings. The second-order valence-corrected chi connectivity index (χ2v) is 7.78. The van der Waals surface area contributed by atoms with Crippen LogP contribution in [0.2, 0.25) is 5.02 Å².